The smallest absolute Gasteiger partial charge is 0.340 e. The van der Waals surface area contributed by atoms with Gasteiger partial charge in [0.1, 0.15) is 16.5 Å². The summed E-state index contributed by atoms with van der Waals surface area (Å²) < 4.78 is 25.2. The number of hydrogen-bond donors (Lipinski definition) is 1. The summed E-state index contributed by atoms with van der Waals surface area (Å²) in [5.74, 6) is -1.02. The number of hydrogen-bond acceptors (Lipinski definition) is 8. The maximum absolute atomic E-state index is 11.0. The molecule has 0 spiro atoms. The third kappa shape index (κ3) is 5.01. The van der Waals surface area contributed by atoms with Gasteiger partial charge in [0.2, 0.25) is 5.91 Å². The number of carbonyl (C=O) groups excluding carboxylic acids is 1. The highest BCUT2D eigenvalue weighted by atomic mass is 32.2. The van der Waals surface area contributed by atoms with Crippen LogP contribution in [0.3, 0.4) is 0 Å². The Bertz CT molecular complexity index is 443. The number of amides is 1. The van der Waals surface area contributed by atoms with Crippen LogP contribution in [0.4, 0.5) is 0 Å². The quantitative estimate of drug-likeness (QED) is 0.252. The summed E-state index contributed by atoms with van der Waals surface area (Å²) in [5.41, 5.74) is -2.58. The third-order valence-electron chi connectivity index (χ3n) is 1.81. The summed E-state index contributed by atoms with van der Waals surface area (Å²) >= 11 is 0. The lowest BCUT2D eigenvalue weighted by atomic mass is 10.2. The molecule has 0 aromatic heterocycles. The molecule has 1 N–H and O–H groups in total. The van der Waals surface area contributed by atoms with Gasteiger partial charge in [-0.25, -0.2) is 0 Å². The molecule has 0 aliphatic carbocycles. The molecule has 0 saturated heterocycles. The van der Waals surface area contributed by atoms with Gasteiger partial charge in [-0.1, -0.05) is 0 Å². The van der Waals surface area contributed by atoms with Crippen LogP contribution in [0, 0.1) is 20.2 Å². The summed E-state index contributed by atoms with van der Waals surface area (Å²) in [6.45, 7) is -1.08. The van der Waals surface area contributed by atoms with Crippen LogP contribution in [0.2, 0.25) is 0 Å². The maximum Gasteiger partial charge on any atom is 0.472 e. The van der Waals surface area contributed by atoms with E-state index in [2.05, 4.69) is 4.18 Å². The van der Waals surface area contributed by atoms with E-state index in [-0.39, 0.29) is 0 Å². The van der Waals surface area contributed by atoms with Crippen molar-refractivity contribution < 1.29 is 27.2 Å². The molecule has 0 heterocycles. The molecule has 0 radical (unpaired) electrons. The van der Waals surface area contributed by atoms with Gasteiger partial charge in [0.05, 0.1) is 13.2 Å². The molecule has 0 fully saturated rings. The molecule has 0 atom stereocenters. The van der Waals surface area contributed by atoms with Crippen LogP contribution in [0.15, 0.2) is 0 Å². The molecular formula is C6H11N3O8S. The average molecular weight is 285 g/mol. The Balaban J connectivity index is 4.43. The van der Waals surface area contributed by atoms with Crippen molar-refractivity contribution in [1.82, 2.24) is 5.32 Å². The Morgan fingerprint density at radius 3 is 2.11 bits per heavy atom. The molecule has 0 bridgehead atoms. The number of nitrogens with zero attached hydrogens (tertiary/aromatic N) is 2. The highest BCUT2D eigenvalue weighted by Gasteiger charge is 2.50. The standard InChI is InChI=1S/C6H11N3O8S/c1-6(8(11)12,9(13)14)4-7-5(10)3-17-18(2,15)16/h3-4H2,1-2H3,(H,7,10). The first kappa shape index (κ1) is 16.2. The molecule has 11 nitrogen and oxygen atoms in total. The van der Waals surface area contributed by atoms with Gasteiger partial charge < -0.3 is 5.32 Å². The van der Waals surface area contributed by atoms with Crippen LogP contribution in [0.25, 0.3) is 0 Å². The first-order chi connectivity index (χ1) is 7.99. The van der Waals surface area contributed by atoms with Gasteiger partial charge in [0, 0.05) is 0 Å². The number of nitro groups is 2. The highest BCUT2D eigenvalue weighted by Crippen LogP contribution is 2.08. The van der Waals surface area contributed by atoms with E-state index in [4.69, 9.17) is 0 Å². The third-order valence-corrected chi connectivity index (χ3v) is 2.36. The van der Waals surface area contributed by atoms with Crippen LogP contribution < -0.4 is 5.32 Å². The second-order valence-corrected chi connectivity index (χ2v) is 5.12. The summed E-state index contributed by atoms with van der Waals surface area (Å²) in [5, 5.41) is 22.8. The van der Waals surface area contributed by atoms with Gasteiger partial charge in [0.25, 0.3) is 10.1 Å². The number of rotatable bonds is 7. The van der Waals surface area contributed by atoms with E-state index in [1.165, 1.54) is 0 Å². The maximum atomic E-state index is 11.0. The van der Waals surface area contributed by atoms with Crippen LogP contribution in [0.5, 0.6) is 0 Å². The molecule has 0 aliphatic rings. The Kier molecular flexibility index (Phi) is 5.11. The van der Waals surface area contributed by atoms with E-state index in [0.717, 1.165) is 0 Å². The fourth-order valence-corrected chi connectivity index (χ4v) is 0.994. The molecular weight excluding hydrogens is 274 g/mol. The van der Waals surface area contributed by atoms with E-state index in [0.29, 0.717) is 13.2 Å². The van der Waals surface area contributed by atoms with Crippen LogP contribution in [0.1, 0.15) is 6.92 Å². The van der Waals surface area contributed by atoms with Gasteiger partial charge in [0.15, 0.2) is 6.54 Å². The summed E-state index contributed by atoms with van der Waals surface area (Å²) in [7, 11) is -3.83. The fraction of sp³-hybridized carbons (Fsp3) is 0.833. The lowest BCUT2D eigenvalue weighted by Crippen LogP contribution is -2.52. The normalized spacial score (nSPS) is 11.9. The average Bonchev–Trinajstić information content (AvgIpc) is 2.21. The lowest BCUT2D eigenvalue weighted by molar-refractivity contribution is -0.788. The molecule has 1 amide bonds. The minimum absolute atomic E-state index is 0.707. The minimum atomic E-state index is -3.83. The molecule has 0 aliphatic heterocycles. The van der Waals surface area contributed by atoms with E-state index in [1.54, 1.807) is 0 Å². The molecule has 18 heavy (non-hydrogen) atoms. The van der Waals surface area contributed by atoms with Crippen LogP contribution >= 0.6 is 0 Å². The van der Waals surface area contributed by atoms with Gasteiger partial charge in [-0.15, -0.1) is 0 Å². The van der Waals surface area contributed by atoms with E-state index in [9.17, 15) is 33.4 Å². The van der Waals surface area contributed by atoms with Crippen molar-refractivity contribution in [1.29, 1.82) is 0 Å². The van der Waals surface area contributed by atoms with Crippen molar-refractivity contribution in [2.24, 2.45) is 0 Å². The van der Waals surface area contributed by atoms with E-state index in [1.807, 2.05) is 5.32 Å². The largest absolute Gasteiger partial charge is 0.472 e. The van der Waals surface area contributed by atoms with Gasteiger partial charge in [-0.05, 0) is 0 Å². The van der Waals surface area contributed by atoms with Crippen molar-refractivity contribution in [3.8, 4) is 0 Å². The van der Waals surface area contributed by atoms with Crippen LogP contribution in [-0.2, 0) is 19.1 Å². The summed E-state index contributed by atoms with van der Waals surface area (Å²) in [6, 6.07) is 0. The van der Waals surface area contributed by atoms with E-state index >= 15 is 0 Å². The topological polar surface area (TPSA) is 159 Å². The minimum Gasteiger partial charge on any atom is -0.340 e. The molecule has 0 rings (SSSR count). The predicted molar refractivity (Wildman–Crippen MR) is 56.2 cm³/mol. The first-order valence-corrected chi connectivity index (χ1v) is 6.21. The zero-order chi connectivity index (χ0) is 14.6. The molecule has 0 aromatic rings. The van der Waals surface area contributed by atoms with Gasteiger partial charge in [-0.2, -0.15) is 8.42 Å². The van der Waals surface area contributed by atoms with Crippen molar-refractivity contribution in [2.45, 2.75) is 12.6 Å². The Morgan fingerprint density at radius 2 is 1.78 bits per heavy atom. The molecule has 12 heteroatoms. The van der Waals surface area contributed by atoms with Crippen molar-refractivity contribution >= 4 is 16.0 Å². The second-order valence-electron chi connectivity index (χ2n) is 3.47. The lowest BCUT2D eigenvalue weighted by Gasteiger charge is -2.13. The Labute approximate surface area is 102 Å². The summed E-state index contributed by atoms with van der Waals surface area (Å²) in [6.07, 6.45) is 0.707. The predicted octanol–water partition coefficient (Wildman–Crippen LogP) is -1.65. The number of nitrogens with one attached hydrogen (secondary N) is 1. The SMILES string of the molecule is CC(CNC(=O)COS(C)(=O)=O)([N+](=O)[O-])[N+](=O)[O-]. The van der Waals surface area contributed by atoms with Crippen molar-refractivity contribution in [3.05, 3.63) is 20.2 Å². The van der Waals surface area contributed by atoms with Gasteiger partial charge >= 0.3 is 5.66 Å². The van der Waals surface area contributed by atoms with Crippen molar-refractivity contribution in [3.63, 3.8) is 0 Å². The molecule has 0 aromatic carbocycles. The highest BCUT2D eigenvalue weighted by molar-refractivity contribution is 7.86. The fourth-order valence-electron chi connectivity index (χ4n) is 0.673. The van der Waals surface area contributed by atoms with E-state index < -0.39 is 44.7 Å². The second kappa shape index (κ2) is 5.68. The van der Waals surface area contributed by atoms with Crippen molar-refractivity contribution in [2.75, 3.05) is 19.4 Å². The molecule has 0 unspecified atom stereocenters. The van der Waals surface area contributed by atoms with Crippen LogP contribution in [-0.4, -0.2) is 49.2 Å². The zero-order valence-electron chi connectivity index (χ0n) is 9.48. The number of carbonyl (C=O) groups is 1. The Morgan fingerprint density at radius 1 is 1.33 bits per heavy atom. The molecule has 0 saturated carbocycles. The Hall–Kier alpha value is -1.82. The molecule has 104 valence electrons. The zero-order valence-corrected chi connectivity index (χ0v) is 10.3. The monoisotopic (exact) mass is 285 g/mol. The first-order valence-electron chi connectivity index (χ1n) is 4.39. The summed E-state index contributed by atoms with van der Waals surface area (Å²) in [4.78, 5) is 29.7. The van der Waals surface area contributed by atoms with Gasteiger partial charge in [-0.3, -0.25) is 29.2 Å².